The van der Waals surface area contributed by atoms with Gasteiger partial charge in [0.2, 0.25) is 10.0 Å². The first-order valence-electron chi connectivity index (χ1n) is 6.68. The molecule has 5 heteroatoms. The van der Waals surface area contributed by atoms with Crippen LogP contribution in [-0.4, -0.2) is 25.7 Å². The van der Waals surface area contributed by atoms with E-state index < -0.39 is 15.6 Å². The third-order valence-corrected chi connectivity index (χ3v) is 5.18. The zero-order chi connectivity index (χ0) is 14.1. The second kappa shape index (κ2) is 5.23. The van der Waals surface area contributed by atoms with E-state index in [2.05, 4.69) is 4.72 Å². The van der Waals surface area contributed by atoms with Crippen LogP contribution in [0.3, 0.4) is 0 Å². The SMILES string of the molecule is CCC(C)(O)CNS(=O)(=O)c1ccc2c(c1)CCC2. The largest absolute Gasteiger partial charge is 0.389 e. The van der Waals surface area contributed by atoms with Crippen molar-refractivity contribution < 1.29 is 13.5 Å². The summed E-state index contributed by atoms with van der Waals surface area (Å²) in [5.41, 5.74) is 1.37. The molecule has 1 atom stereocenters. The van der Waals surface area contributed by atoms with E-state index in [1.54, 1.807) is 19.1 Å². The molecule has 0 aliphatic heterocycles. The highest BCUT2D eigenvalue weighted by Gasteiger charge is 2.23. The minimum Gasteiger partial charge on any atom is -0.389 e. The van der Waals surface area contributed by atoms with E-state index in [4.69, 9.17) is 0 Å². The average Bonchev–Trinajstić information content (AvgIpc) is 2.84. The van der Waals surface area contributed by atoms with Crippen LogP contribution < -0.4 is 4.72 Å². The standard InChI is InChI=1S/C14H21NO3S/c1-3-14(2,16)10-15-19(17,18)13-8-7-11-5-4-6-12(11)9-13/h7-9,15-16H,3-6,10H2,1-2H3. The Morgan fingerprint density at radius 1 is 1.32 bits per heavy atom. The Bertz CT molecular complexity index is 564. The van der Waals surface area contributed by atoms with E-state index in [-0.39, 0.29) is 6.54 Å². The Kier molecular flexibility index (Phi) is 3.99. The molecule has 1 aliphatic rings. The molecule has 0 amide bonds. The van der Waals surface area contributed by atoms with Gasteiger partial charge >= 0.3 is 0 Å². The summed E-state index contributed by atoms with van der Waals surface area (Å²) >= 11 is 0. The van der Waals surface area contributed by atoms with Crippen LogP contribution in [0.25, 0.3) is 0 Å². The maximum atomic E-state index is 12.2. The molecule has 0 heterocycles. The van der Waals surface area contributed by atoms with Crippen molar-refractivity contribution in [2.24, 2.45) is 0 Å². The number of rotatable bonds is 5. The number of aliphatic hydroxyl groups is 1. The van der Waals surface area contributed by atoms with Crippen LogP contribution in [0.15, 0.2) is 23.1 Å². The summed E-state index contributed by atoms with van der Waals surface area (Å²) in [4.78, 5) is 0.292. The lowest BCUT2D eigenvalue weighted by atomic mass is 10.1. The van der Waals surface area contributed by atoms with Gasteiger partial charge in [-0.1, -0.05) is 13.0 Å². The van der Waals surface area contributed by atoms with Gasteiger partial charge in [-0.15, -0.1) is 0 Å². The van der Waals surface area contributed by atoms with Crippen LogP contribution in [0, 0.1) is 0 Å². The van der Waals surface area contributed by atoms with Crippen molar-refractivity contribution in [1.82, 2.24) is 4.72 Å². The number of sulfonamides is 1. The van der Waals surface area contributed by atoms with Gasteiger partial charge in [0.25, 0.3) is 0 Å². The number of aryl methyl sites for hydroxylation is 2. The third-order valence-electron chi connectivity index (χ3n) is 3.78. The smallest absolute Gasteiger partial charge is 0.240 e. The molecular formula is C14H21NO3S. The Morgan fingerprint density at radius 2 is 2.00 bits per heavy atom. The highest BCUT2D eigenvalue weighted by Crippen LogP contribution is 2.24. The first-order chi connectivity index (χ1) is 8.84. The van der Waals surface area contributed by atoms with Gasteiger partial charge < -0.3 is 5.11 Å². The molecule has 1 aliphatic carbocycles. The molecule has 0 aromatic heterocycles. The molecule has 1 aromatic rings. The maximum Gasteiger partial charge on any atom is 0.240 e. The van der Waals surface area contributed by atoms with E-state index >= 15 is 0 Å². The van der Waals surface area contributed by atoms with Crippen LogP contribution in [0.5, 0.6) is 0 Å². The van der Waals surface area contributed by atoms with Crippen molar-refractivity contribution in [2.75, 3.05) is 6.54 Å². The van der Waals surface area contributed by atoms with Gasteiger partial charge in [0.1, 0.15) is 0 Å². The average molecular weight is 283 g/mol. The van der Waals surface area contributed by atoms with Crippen molar-refractivity contribution >= 4 is 10.0 Å². The van der Waals surface area contributed by atoms with Gasteiger partial charge in [-0.25, -0.2) is 13.1 Å². The van der Waals surface area contributed by atoms with Gasteiger partial charge in [-0.3, -0.25) is 0 Å². The van der Waals surface area contributed by atoms with Crippen molar-refractivity contribution in [3.8, 4) is 0 Å². The summed E-state index contributed by atoms with van der Waals surface area (Å²) in [6, 6.07) is 5.30. The van der Waals surface area contributed by atoms with Crippen LogP contribution >= 0.6 is 0 Å². The van der Waals surface area contributed by atoms with E-state index in [9.17, 15) is 13.5 Å². The number of fused-ring (bicyclic) bond motifs is 1. The molecule has 2 N–H and O–H groups in total. The van der Waals surface area contributed by atoms with Crippen molar-refractivity contribution in [3.05, 3.63) is 29.3 Å². The molecule has 0 saturated carbocycles. The minimum atomic E-state index is -3.54. The summed E-state index contributed by atoms with van der Waals surface area (Å²) < 4.78 is 26.8. The molecule has 2 rings (SSSR count). The number of nitrogens with one attached hydrogen (secondary N) is 1. The minimum absolute atomic E-state index is 0.0307. The predicted octanol–water partition coefficient (Wildman–Crippen LogP) is 1.61. The Balaban J connectivity index is 2.16. The second-order valence-electron chi connectivity index (χ2n) is 5.46. The molecule has 0 bridgehead atoms. The van der Waals surface area contributed by atoms with Gasteiger partial charge in [0.15, 0.2) is 0 Å². The van der Waals surface area contributed by atoms with E-state index in [1.807, 2.05) is 13.0 Å². The molecule has 0 radical (unpaired) electrons. The van der Waals surface area contributed by atoms with Gasteiger partial charge in [0, 0.05) is 6.54 Å². The number of hydrogen-bond donors (Lipinski definition) is 2. The zero-order valence-corrected chi connectivity index (χ0v) is 12.3. The lowest BCUT2D eigenvalue weighted by Gasteiger charge is -2.21. The lowest BCUT2D eigenvalue weighted by Crippen LogP contribution is -2.40. The zero-order valence-electron chi connectivity index (χ0n) is 11.4. The van der Waals surface area contributed by atoms with Gasteiger partial charge in [-0.2, -0.15) is 0 Å². The normalized spacial score (nSPS) is 18.1. The maximum absolute atomic E-state index is 12.2. The molecule has 0 saturated heterocycles. The summed E-state index contributed by atoms with van der Waals surface area (Å²) in [7, 11) is -3.54. The Hall–Kier alpha value is -0.910. The highest BCUT2D eigenvalue weighted by molar-refractivity contribution is 7.89. The predicted molar refractivity (Wildman–Crippen MR) is 74.6 cm³/mol. The lowest BCUT2D eigenvalue weighted by molar-refractivity contribution is 0.0613. The topological polar surface area (TPSA) is 66.4 Å². The Labute approximate surface area is 114 Å². The summed E-state index contributed by atoms with van der Waals surface area (Å²) in [5, 5.41) is 9.86. The van der Waals surface area contributed by atoms with Crippen molar-refractivity contribution in [2.45, 2.75) is 50.0 Å². The third kappa shape index (κ3) is 3.35. The fourth-order valence-electron chi connectivity index (χ4n) is 2.17. The molecule has 106 valence electrons. The second-order valence-corrected chi connectivity index (χ2v) is 7.23. The van der Waals surface area contributed by atoms with Gasteiger partial charge in [-0.05, 0) is 55.9 Å². The molecule has 0 spiro atoms. The summed E-state index contributed by atoms with van der Waals surface area (Å²) in [5.74, 6) is 0. The van der Waals surface area contributed by atoms with E-state index in [0.29, 0.717) is 11.3 Å². The van der Waals surface area contributed by atoms with Crippen molar-refractivity contribution in [1.29, 1.82) is 0 Å². The van der Waals surface area contributed by atoms with Gasteiger partial charge in [0.05, 0.1) is 10.5 Å². The molecule has 19 heavy (non-hydrogen) atoms. The van der Waals surface area contributed by atoms with E-state index in [1.165, 1.54) is 5.56 Å². The molecule has 1 aromatic carbocycles. The van der Waals surface area contributed by atoms with Crippen molar-refractivity contribution in [3.63, 3.8) is 0 Å². The van der Waals surface area contributed by atoms with Crippen LogP contribution in [0.1, 0.15) is 37.8 Å². The fourth-order valence-corrected chi connectivity index (χ4v) is 3.39. The van der Waals surface area contributed by atoms with Crippen LogP contribution in [0.4, 0.5) is 0 Å². The fraction of sp³-hybridized carbons (Fsp3) is 0.571. The van der Waals surface area contributed by atoms with Crippen LogP contribution in [-0.2, 0) is 22.9 Å². The number of hydrogen-bond acceptors (Lipinski definition) is 3. The molecule has 1 unspecified atom stereocenters. The first kappa shape index (κ1) is 14.5. The number of benzene rings is 1. The first-order valence-corrected chi connectivity index (χ1v) is 8.16. The molecular weight excluding hydrogens is 262 g/mol. The Morgan fingerprint density at radius 3 is 2.68 bits per heavy atom. The monoisotopic (exact) mass is 283 g/mol. The summed E-state index contributed by atoms with van der Waals surface area (Å²) in [6.07, 6.45) is 3.58. The van der Waals surface area contributed by atoms with E-state index in [0.717, 1.165) is 24.8 Å². The highest BCUT2D eigenvalue weighted by atomic mass is 32.2. The summed E-state index contributed by atoms with van der Waals surface area (Å²) in [6.45, 7) is 3.48. The molecule has 4 nitrogen and oxygen atoms in total. The quantitative estimate of drug-likeness (QED) is 0.863. The van der Waals surface area contributed by atoms with Crippen LogP contribution in [0.2, 0.25) is 0 Å². The molecule has 0 fully saturated rings.